The maximum absolute atomic E-state index is 13.8. The molecule has 0 atom stereocenters. The van der Waals surface area contributed by atoms with Crippen molar-refractivity contribution in [3.05, 3.63) is 63.9 Å². The Kier molecular flexibility index (Phi) is 3.95. The summed E-state index contributed by atoms with van der Waals surface area (Å²) in [6.07, 6.45) is 0. The number of hydrogen-bond donors (Lipinski definition) is 0. The number of hydrogen-bond acceptors (Lipinski definition) is 1. The lowest BCUT2D eigenvalue weighted by Gasteiger charge is -2.09. The first-order valence-corrected chi connectivity index (χ1v) is 7.56. The highest BCUT2D eigenvalue weighted by Crippen LogP contribution is 2.23. The summed E-state index contributed by atoms with van der Waals surface area (Å²) in [5.41, 5.74) is 2.03. The van der Waals surface area contributed by atoms with E-state index in [1.807, 2.05) is 22.8 Å². The highest BCUT2D eigenvalue weighted by Gasteiger charge is 2.13. The Hall–Kier alpha value is -1.46. The zero-order valence-corrected chi connectivity index (χ0v) is 13.1. The fourth-order valence-corrected chi connectivity index (χ4v) is 2.80. The first-order chi connectivity index (χ1) is 10.1. The van der Waals surface area contributed by atoms with Crippen molar-refractivity contribution in [2.75, 3.05) is 0 Å². The van der Waals surface area contributed by atoms with E-state index < -0.39 is 11.6 Å². The Morgan fingerprint density at radius 2 is 1.95 bits per heavy atom. The number of nitrogens with zero attached hydrogens (tertiary/aromatic N) is 2. The fraction of sp³-hybridized carbons (Fsp3) is 0.133. The monoisotopic (exact) mass is 370 g/mol. The molecule has 0 unspecified atom stereocenters. The smallest absolute Gasteiger partial charge is 0.131 e. The van der Waals surface area contributed by atoms with Crippen molar-refractivity contribution in [3.8, 4) is 0 Å². The molecular weight excluding hydrogens is 362 g/mol. The van der Waals surface area contributed by atoms with Gasteiger partial charge >= 0.3 is 0 Å². The largest absolute Gasteiger partial charge is 0.322 e. The highest BCUT2D eigenvalue weighted by atomic mass is 79.9. The van der Waals surface area contributed by atoms with Crippen molar-refractivity contribution in [1.82, 2.24) is 9.55 Å². The van der Waals surface area contributed by atoms with E-state index in [0.29, 0.717) is 11.4 Å². The van der Waals surface area contributed by atoms with Gasteiger partial charge in [0.1, 0.15) is 17.5 Å². The van der Waals surface area contributed by atoms with Crippen LogP contribution in [-0.2, 0) is 12.4 Å². The molecule has 1 aromatic heterocycles. The molecule has 21 heavy (non-hydrogen) atoms. The molecule has 1 heterocycles. The van der Waals surface area contributed by atoms with E-state index in [-0.39, 0.29) is 12.4 Å². The molecule has 3 rings (SSSR count). The van der Waals surface area contributed by atoms with Gasteiger partial charge < -0.3 is 4.57 Å². The predicted octanol–water partition coefficient (Wildman–Crippen LogP) is 4.86. The van der Waals surface area contributed by atoms with Crippen LogP contribution in [0.1, 0.15) is 11.4 Å². The van der Waals surface area contributed by atoms with Gasteiger partial charge in [0.25, 0.3) is 0 Å². The summed E-state index contributed by atoms with van der Waals surface area (Å²) in [4.78, 5) is 4.44. The number of benzene rings is 2. The first kappa shape index (κ1) is 14.5. The molecular formula is C15H10BrClF2N2. The van der Waals surface area contributed by atoms with Crippen LogP contribution in [0.15, 0.2) is 40.9 Å². The fourth-order valence-electron chi connectivity index (χ4n) is 2.25. The number of rotatable bonds is 3. The lowest BCUT2D eigenvalue weighted by atomic mass is 10.2. The molecule has 0 saturated heterocycles. The van der Waals surface area contributed by atoms with Gasteiger partial charge in [0.15, 0.2) is 0 Å². The van der Waals surface area contributed by atoms with Crippen molar-refractivity contribution >= 4 is 38.6 Å². The van der Waals surface area contributed by atoms with Gasteiger partial charge in [0.2, 0.25) is 0 Å². The van der Waals surface area contributed by atoms with E-state index in [1.165, 1.54) is 12.1 Å². The van der Waals surface area contributed by atoms with Crippen LogP contribution in [0.4, 0.5) is 8.78 Å². The summed E-state index contributed by atoms with van der Waals surface area (Å²) in [6, 6.07) is 9.22. The minimum atomic E-state index is -0.590. The van der Waals surface area contributed by atoms with Gasteiger partial charge in [0.05, 0.1) is 23.5 Å². The Balaban J connectivity index is 2.10. The van der Waals surface area contributed by atoms with Crippen LogP contribution in [0.25, 0.3) is 11.0 Å². The van der Waals surface area contributed by atoms with E-state index in [9.17, 15) is 8.78 Å². The standard InChI is InChI=1S/C15H10BrClF2N2/c16-10-2-4-14-13(5-10)20-15(7-17)21(14)8-9-1-3-11(18)6-12(9)19/h1-6H,7-8H2. The Morgan fingerprint density at radius 3 is 2.67 bits per heavy atom. The van der Waals surface area contributed by atoms with Gasteiger partial charge in [-0.05, 0) is 24.3 Å². The quantitative estimate of drug-likeness (QED) is 0.601. The third-order valence-electron chi connectivity index (χ3n) is 3.25. The van der Waals surface area contributed by atoms with Crippen molar-refractivity contribution < 1.29 is 8.78 Å². The van der Waals surface area contributed by atoms with Gasteiger partial charge in [-0.15, -0.1) is 11.6 Å². The van der Waals surface area contributed by atoms with E-state index in [4.69, 9.17) is 11.6 Å². The molecule has 0 radical (unpaired) electrons. The Morgan fingerprint density at radius 1 is 1.14 bits per heavy atom. The van der Waals surface area contributed by atoms with Crippen LogP contribution in [0.2, 0.25) is 0 Å². The molecule has 0 spiro atoms. The minimum absolute atomic E-state index is 0.217. The van der Waals surface area contributed by atoms with Crippen LogP contribution >= 0.6 is 27.5 Å². The first-order valence-electron chi connectivity index (χ1n) is 6.23. The lowest BCUT2D eigenvalue weighted by molar-refractivity contribution is 0.566. The topological polar surface area (TPSA) is 17.8 Å². The molecule has 0 aliphatic rings. The van der Waals surface area contributed by atoms with Crippen LogP contribution in [-0.4, -0.2) is 9.55 Å². The third kappa shape index (κ3) is 2.80. The normalized spacial score (nSPS) is 11.2. The van der Waals surface area contributed by atoms with Crippen LogP contribution in [0.5, 0.6) is 0 Å². The zero-order valence-electron chi connectivity index (χ0n) is 10.8. The van der Waals surface area contributed by atoms with Gasteiger partial charge in [-0.1, -0.05) is 22.0 Å². The molecule has 2 nitrogen and oxygen atoms in total. The lowest BCUT2D eigenvalue weighted by Crippen LogP contribution is -2.05. The second kappa shape index (κ2) is 5.73. The number of imidazole rings is 1. The van der Waals surface area contributed by atoms with Crippen molar-refractivity contribution in [2.24, 2.45) is 0 Å². The zero-order chi connectivity index (χ0) is 15.0. The number of fused-ring (bicyclic) bond motifs is 1. The summed E-state index contributed by atoms with van der Waals surface area (Å²) < 4.78 is 29.6. The maximum atomic E-state index is 13.8. The Labute approximate surface area is 133 Å². The SMILES string of the molecule is Fc1ccc(Cn2c(CCl)nc3cc(Br)ccc32)c(F)c1. The summed E-state index contributed by atoms with van der Waals surface area (Å²) in [7, 11) is 0. The van der Waals surface area contributed by atoms with Crippen molar-refractivity contribution in [1.29, 1.82) is 0 Å². The minimum Gasteiger partial charge on any atom is -0.322 e. The van der Waals surface area contributed by atoms with Crippen LogP contribution < -0.4 is 0 Å². The van der Waals surface area contributed by atoms with E-state index >= 15 is 0 Å². The molecule has 0 aliphatic heterocycles. The molecule has 0 fully saturated rings. The molecule has 2 aromatic carbocycles. The van der Waals surface area contributed by atoms with Gasteiger partial charge in [-0.25, -0.2) is 13.8 Å². The van der Waals surface area contributed by atoms with Gasteiger partial charge in [-0.2, -0.15) is 0 Å². The van der Waals surface area contributed by atoms with Crippen LogP contribution in [0.3, 0.4) is 0 Å². The van der Waals surface area contributed by atoms with E-state index in [2.05, 4.69) is 20.9 Å². The molecule has 3 aromatic rings. The Bertz CT molecular complexity index is 817. The number of alkyl halides is 1. The van der Waals surface area contributed by atoms with Crippen molar-refractivity contribution in [2.45, 2.75) is 12.4 Å². The average molecular weight is 372 g/mol. The maximum Gasteiger partial charge on any atom is 0.131 e. The second-order valence-electron chi connectivity index (χ2n) is 4.62. The molecule has 108 valence electrons. The number of aromatic nitrogens is 2. The molecule has 0 bridgehead atoms. The summed E-state index contributed by atoms with van der Waals surface area (Å²) >= 11 is 9.32. The molecule has 0 N–H and O–H groups in total. The molecule has 0 amide bonds. The van der Waals surface area contributed by atoms with E-state index in [0.717, 1.165) is 21.6 Å². The highest BCUT2D eigenvalue weighted by molar-refractivity contribution is 9.10. The second-order valence-corrected chi connectivity index (χ2v) is 5.80. The van der Waals surface area contributed by atoms with Crippen LogP contribution in [0, 0.1) is 11.6 Å². The summed E-state index contributed by atoms with van der Waals surface area (Å²) in [6.45, 7) is 0.256. The average Bonchev–Trinajstić information content (AvgIpc) is 2.79. The predicted molar refractivity (Wildman–Crippen MR) is 82.5 cm³/mol. The number of halogens is 4. The third-order valence-corrected chi connectivity index (χ3v) is 3.98. The van der Waals surface area contributed by atoms with Gasteiger partial charge in [-0.3, -0.25) is 0 Å². The molecule has 6 heteroatoms. The van der Waals surface area contributed by atoms with Crippen molar-refractivity contribution in [3.63, 3.8) is 0 Å². The summed E-state index contributed by atoms with van der Waals surface area (Å²) in [5.74, 6) is -0.300. The molecule has 0 saturated carbocycles. The van der Waals surface area contributed by atoms with E-state index in [1.54, 1.807) is 0 Å². The molecule has 0 aliphatic carbocycles. The van der Waals surface area contributed by atoms with Gasteiger partial charge in [0, 0.05) is 16.1 Å². The summed E-state index contributed by atoms with van der Waals surface area (Å²) in [5, 5.41) is 0.